The molecule has 2 heterocycles. The highest BCUT2D eigenvalue weighted by molar-refractivity contribution is 5.93. The molecule has 7 heteroatoms. The van der Waals surface area contributed by atoms with Gasteiger partial charge in [-0.1, -0.05) is 5.16 Å². The summed E-state index contributed by atoms with van der Waals surface area (Å²) in [7, 11) is 0. The summed E-state index contributed by atoms with van der Waals surface area (Å²) in [4.78, 5) is 23.3. The van der Waals surface area contributed by atoms with Gasteiger partial charge in [0, 0.05) is 13.2 Å². The number of esters is 1. The fourth-order valence-electron chi connectivity index (χ4n) is 2.06. The van der Waals surface area contributed by atoms with Crippen LogP contribution < -0.4 is 5.32 Å². The van der Waals surface area contributed by atoms with Crippen LogP contribution in [0.2, 0.25) is 0 Å². The molecular formula is C13H18N2O5. The second-order valence-electron chi connectivity index (χ2n) is 4.71. The normalized spacial score (nSPS) is 18.0. The van der Waals surface area contributed by atoms with E-state index in [9.17, 15) is 9.59 Å². The summed E-state index contributed by atoms with van der Waals surface area (Å²) in [6.07, 6.45) is 2.03. The number of nitrogens with one attached hydrogen (secondary N) is 1. The quantitative estimate of drug-likeness (QED) is 0.801. The molecule has 0 spiro atoms. The van der Waals surface area contributed by atoms with E-state index in [4.69, 9.17) is 14.0 Å². The first-order valence-electron chi connectivity index (χ1n) is 6.56. The summed E-state index contributed by atoms with van der Waals surface area (Å²) in [6, 6.07) is 0. The molecule has 1 N–H and O–H groups in total. The standard InChI is InChI=1S/C13H18N2O5/c1-8-12(9(2)20-15-8)13(17)19-7-11(16)14-6-10-4-3-5-18-10/h10H,3-7H2,1-2H3,(H,14,16)/t10-/m1/s1. The lowest BCUT2D eigenvalue weighted by Crippen LogP contribution is -2.34. The summed E-state index contributed by atoms with van der Waals surface area (Å²) in [5, 5.41) is 6.33. The van der Waals surface area contributed by atoms with Crippen LogP contribution in [0.1, 0.15) is 34.7 Å². The van der Waals surface area contributed by atoms with E-state index in [-0.39, 0.29) is 24.2 Å². The molecule has 20 heavy (non-hydrogen) atoms. The van der Waals surface area contributed by atoms with Gasteiger partial charge in [-0.3, -0.25) is 4.79 Å². The monoisotopic (exact) mass is 282 g/mol. The van der Waals surface area contributed by atoms with Crippen LogP contribution in [0.3, 0.4) is 0 Å². The zero-order chi connectivity index (χ0) is 14.5. The van der Waals surface area contributed by atoms with Gasteiger partial charge in [-0.2, -0.15) is 0 Å². The van der Waals surface area contributed by atoms with Gasteiger partial charge in [0.15, 0.2) is 6.61 Å². The van der Waals surface area contributed by atoms with E-state index in [0.29, 0.717) is 18.0 Å². The van der Waals surface area contributed by atoms with Crippen molar-refractivity contribution in [1.82, 2.24) is 10.5 Å². The van der Waals surface area contributed by atoms with Gasteiger partial charge in [0.2, 0.25) is 0 Å². The molecular weight excluding hydrogens is 264 g/mol. The molecule has 110 valence electrons. The number of hydrogen-bond acceptors (Lipinski definition) is 6. The zero-order valence-corrected chi connectivity index (χ0v) is 11.6. The minimum absolute atomic E-state index is 0.0669. The lowest BCUT2D eigenvalue weighted by atomic mass is 10.2. The Hall–Kier alpha value is -1.89. The number of carbonyl (C=O) groups excluding carboxylic acids is 2. The first kappa shape index (κ1) is 14.5. The lowest BCUT2D eigenvalue weighted by molar-refractivity contribution is -0.124. The third kappa shape index (κ3) is 3.57. The van der Waals surface area contributed by atoms with Crippen molar-refractivity contribution in [2.24, 2.45) is 0 Å². The molecule has 7 nitrogen and oxygen atoms in total. The fourth-order valence-corrected chi connectivity index (χ4v) is 2.06. The van der Waals surface area contributed by atoms with Gasteiger partial charge >= 0.3 is 5.97 Å². The Morgan fingerprint density at radius 3 is 2.85 bits per heavy atom. The van der Waals surface area contributed by atoms with Crippen molar-refractivity contribution in [3.63, 3.8) is 0 Å². The Balaban J connectivity index is 1.74. The van der Waals surface area contributed by atoms with Gasteiger partial charge in [-0.05, 0) is 26.7 Å². The Morgan fingerprint density at radius 2 is 2.25 bits per heavy atom. The number of rotatable bonds is 5. The topological polar surface area (TPSA) is 90.7 Å². The Kier molecular flexibility index (Phi) is 4.73. The zero-order valence-electron chi connectivity index (χ0n) is 11.6. The molecule has 1 aliphatic rings. The van der Waals surface area contributed by atoms with E-state index in [1.54, 1.807) is 13.8 Å². The van der Waals surface area contributed by atoms with Gasteiger partial charge in [-0.15, -0.1) is 0 Å². The van der Waals surface area contributed by atoms with E-state index in [2.05, 4.69) is 10.5 Å². The first-order valence-corrected chi connectivity index (χ1v) is 6.56. The molecule has 1 aromatic rings. The van der Waals surface area contributed by atoms with Crippen LogP contribution in [0.25, 0.3) is 0 Å². The largest absolute Gasteiger partial charge is 0.452 e. The molecule has 1 aliphatic heterocycles. The molecule has 1 aromatic heterocycles. The van der Waals surface area contributed by atoms with E-state index < -0.39 is 5.97 Å². The van der Waals surface area contributed by atoms with Crippen LogP contribution in [0.4, 0.5) is 0 Å². The van der Waals surface area contributed by atoms with Crippen molar-refractivity contribution in [3.8, 4) is 0 Å². The van der Waals surface area contributed by atoms with Crippen LogP contribution in [-0.4, -0.2) is 42.9 Å². The van der Waals surface area contributed by atoms with Gasteiger partial charge < -0.3 is 19.3 Å². The van der Waals surface area contributed by atoms with Crippen LogP contribution in [0.15, 0.2) is 4.52 Å². The smallest absolute Gasteiger partial charge is 0.344 e. The molecule has 1 fully saturated rings. The maximum Gasteiger partial charge on any atom is 0.344 e. The highest BCUT2D eigenvalue weighted by Gasteiger charge is 2.20. The Morgan fingerprint density at radius 1 is 1.45 bits per heavy atom. The minimum Gasteiger partial charge on any atom is -0.452 e. The third-order valence-electron chi connectivity index (χ3n) is 3.12. The number of carbonyl (C=O) groups is 2. The second kappa shape index (κ2) is 6.51. The summed E-state index contributed by atoms with van der Waals surface area (Å²) in [6.45, 7) is 4.12. The molecule has 0 aliphatic carbocycles. The molecule has 0 bridgehead atoms. The maximum atomic E-state index is 11.8. The maximum absolute atomic E-state index is 11.8. The number of amides is 1. The Bertz CT molecular complexity index is 471. The molecule has 1 atom stereocenters. The Labute approximate surface area is 116 Å². The third-order valence-corrected chi connectivity index (χ3v) is 3.12. The van der Waals surface area contributed by atoms with Crippen LogP contribution >= 0.6 is 0 Å². The molecule has 1 saturated heterocycles. The van der Waals surface area contributed by atoms with Crippen LogP contribution in [0.5, 0.6) is 0 Å². The fraction of sp³-hybridized carbons (Fsp3) is 0.615. The number of ether oxygens (including phenoxy) is 2. The van der Waals surface area contributed by atoms with Crippen molar-refractivity contribution in [2.75, 3.05) is 19.8 Å². The number of nitrogens with zero attached hydrogens (tertiary/aromatic N) is 1. The highest BCUT2D eigenvalue weighted by Crippen LogP contribution is 2.13. The van der Waals surface area contributed by atoms with Crippen LogP contribution in [-0.2, 0) is 14.3 Å². The van der Waals surface area contributed by atoms with Gasteiger partial charge in [-0.25, -0.2) is 4.79 Å². The number of aryl methyl sites for hydroxylation is 2. The molecule has 1 amide bonds. The van der Waals surface area contributed by atoms with E-state index in [0.717, 1.165) is 19.4 Å². The molecule has 0 aromatic carbocycles. The van der Waals surface area contributed by atoms with Crippen molar-refractivity contribution in [2.45, 2.75) is 32.8 Å². The predicted octanol–water partition coefficient (Wildman–Crippen LogP) is 0.743. The van der Waals surface area contributed by atoms with Gasteiger partial charge in [0.05, 0.1) is 11.8 Å². The predicted molar refractivity (Wildman–Crippen MR) is 68.2 cm³/mol. The van der Waals surface area contributed by atoms with E-state index in [1.807, 2.05) is 0 Å². The van der Waals surface area contributed by atoms with Gasteiger partial charge in [0.25, 0.3) is 5.91 Å². The summed E-state index contributed by atoms with van der Waals surface area (Å²) < 4.78 is 15.2. The summed E-state index contributed by atoms with van der Waals surface area (Å²) in [5.74, 6) is -0.568. The van der Waals surface area contributed by atoms with Gasteiger partial charge in [0.1, 0.15) is 11.3 Å². The van der Waals surface area contributed by atoms with Crippen molar-refractivity contribution >= 4 is 11.9 Å². The van der Waals surface area contributed by atoms with Crippen LogP contribution in [0, 0.1) is 13.8 Å². The van der Waals surface area contributed by atoms with Crippen molar-refractivity contribution < 1.29 is 23.6 Å². The average Bonchev–Trinajstić information content (AvgIpc) is 3.04. The minimum atomic E-state index is -0.603. The number of aromatic nitrogens is 1. The lowest BCUT2D eigenvalue weighted by Gasteiger charge is -2.10. The van der Waals surface area contributed by atoms with E-state index in [1.165, 1.54) is 0 Å². The molecule has 0 unspecified atom stereocenters. The summed E-state index contributed by atoms with van der Waals surface area (Å²) in [5.41, 5.74) is 0.726. The highest BCUT2D eigenvalue weighted by atomic mass is 16.5. The number of hydrogen-bond donors (Lipinski definition) is 1. The van der Waals surface area contributed by atoms with Crippen molar-refractivity contribution in [1.29, 1.82) is 0 Å². The molecule has 0 radical (unpaired) electrons. The van der Waals surface area contributed by atoms with Crippen molar-refractivity contribution in [3.05, 3.63) is 17.0 Å². The summed E-state index contributed by atoms with van der Waals surface area (Å²) >= 11 is 0. The molecule has 2 rings (SSSR count). The second-order valence-corrected chi connectivity index (χ2v) is 4.71. The first-order chi connectivity index (χ1) is 9.58. The average molecular weight is 282 g/mol. The molecule has 0 saturated carbocycles. The van der Waals surface area contributed by atoms with E-state index >= 15 is 0 Å². The SMILES string of the molecule is Cc1noc(C)c1C(=O)OCC(=O)NC[C@H]1CCCO1.